The molecule has 0 spiro atoms. The van der Waals surface area contributed by atoms with Crippen LogP contribution in [0.1, 0.15) is 107 Å². The van der Waals surface area contributed by atoms with E-state index in [0.717, 1.165) is 58.2 Å². The van der Waals surface area contributed by atoms with Gasteiger partial charge in [-0.2, -0.15) is 0 Å². The number of hydrogen-bond acceptors (Lipinski definition) is 4. The van der Waals surface area contributed by atoms with Crippen molar-refractivity contribution in [3.63, 3.8) is 0 Å². The van der Waals surface area contributed by atoms with Crippen molar-refractivity contribution < 1.29 is 8.85 Å². The number of aryl methyl sites for hydroxylation is 6. The van der Waals surface area contributed by atoms with Crippen molar-refractivity contribution in [2.75, 3.05) is 0 Å². The van der Waals surface area contributed by atoms with Crippen molar-refractivity contribution in [2.24, 2.45) is 0 Å². The molecule has 0 amide bonds. The fourth-order valence-electron chi connectivity index (χ4n) is 9.20. The molecule has 6 heteroatoms. The lowest BCUT2D eigenvalue weighted by Gasteiger charge is -2.35. The lowest BCUT2D eigenvalue weighted by molar-refractivity contribution is 0.299. The number of rotatable bonds is 14. The molecule has 0 bridgehead atoms. The molecule has 4 heterocycles. The van der Waals surface area contributed by atoms with Crippen LogP contribution in [0.5, 0.6) is 0 Å². The number of hydrogen-bond donors (Lipinski definition) is 0. The van der Waals surface area contributed by atoms with Crippen LogP contribution in [0.3, 0.4) is 0 Å². The van der Waals surface area contributed by atoms with Gasteiger partial charge in [-0.25, -0.2) is 0 Å². The normalized spacial score (nSPS) is 16.2. The van der Waals surface area contributed by atoms with Gasteiger partial charge in [0.2, 0.25) is 16.6 Å². The third-order valence-electron chi connectivity index (χ3n) is 11.5. The van der Waals surface area contributed by atoms with Crippen LogP contribution in [0, 0.1) is 0 Å². The van der Waals surface area contributed by atoms with Gasteiger partial charge in [0, 0.05) is 22.8 Å². The van der Waals surface area contributed by atoms with Gasteiger partial charge in [-0.15, -0.1) is 0 Å². The number of pyridine rings is 2. The highest BCUT2D eigenvalue weighted by atomic mass is 28.4. The largest absolute Gasteiger partial charge is 0.408 e. The summed E-state index contributed by atoms with van der Waals surface area (Å²) in [5.41, 5.74) is 12.6. The van der Waals surface area contributed by atoms with Gasteiger partial charge in [0.25, 0.3) is 0 Å². The molecule has 0 aliphatic carbocycles. The Morgan fingerprint density at radius 3 is 1.22 bits per heavy atom. The SMILES string of the molecule is CC(C)[Si]1(C(C)C)OCc2cc(CCCc3cc4c(c(CCc5ccccc5)n3)[Si](C(C)C)(C(C)C)OC4)nc(CCc3ccccc3)c21. The molecule has 0 atom stereocenters. The first kappa shape index (κ1) is 35.9. The van der Waals surface area contributed by atoms with Gasteiger partial charge in [0.15, 0.2) is 0 Å². The first-order valence-electron chi connectivity index (χ1n) is 19.0. The maximum atomic E-state index is 6.90. The molecule has 6 rings (SSSR count). The Labute approximate surface area is 298 Å². The average molecular weight is 691 g/mol. The first-order valence-corrected chi connectivity index (χ1v) is 23.1. The smallest absolute Gasteiger partial charge is 0.231 e. The zero-order chi connectivity index (χ0) is 34.8. The summed E-state index contributed by atoms with van der Waals surface area (Å²) in [6.45, 7) is 20.4. The molecular weight excluding hydrogens is 633 g/mol. The summed E-state index contributed by atoms with van der Waals surface area (Å²) in [5.74, 6) is 0. The van der Waals surface area contributed by atoms with E-state index in [1.54, 1.807) is 0 Å². The molecule has 0 N–H and O–H groups in total. The fraction of sp³-hybridized carbons (Fsp3) is 0.488. The Bertz CT molecular complexity index is 1580. The predicted molar refractivity (Wildman–Crippen MR) is 209 cm³/mol. The van der Waals surface area contributed by atoms with Crippen LogP contribution in [0.15, 0.2) is 72.8 Å². The van der Waals surface area contributed by atoms with E-state index in [1.165, 1.54) is 55.4 Å². The van der Waals surface area contributed by atoms with E-state index in [2.05, 4.69) is 128 Å². The zero-order valence-corrected chi connectivity index (χ0v) is 33.3. The van der Waals surface area contributed by atoms with Crippen LogP contribution >= 0.6 is 0 Å². The second-order valence-electron chi connectivity index (χ2n) is 15.8. The molecule has 0 radical (unpaired) electrons. The Kier molecular flexibility index (Phi) is 11.1. The molecule has 2 aliphatic rings. The molecule has 260 valence electrons. The summed E-state index contributed by atoms with van der Waals surface area (Å²) in [6, 6.07) is 26.5. The summed E-state index contributed by atoms with van der Waals surface area (Å²) in [7, 11) is -4.31. The molecule has 0 unspecified atom stereocenters. The Morgan fingerprint density at radius 1 is 0.510 bits per heavy atom. The van der Waals surface area contributed by atoms with Crippen LogP contribution in [0.4, 0.5) is 0 Å². The molecule has 2 aliphatic heterocycles. The van der Waals surface area contributed by atoms with Crippen LogP contribution < -0.4 is 10.4 Å². The van der Waals surface area contributed by atoms with E-state index in [9.17, 15) is 0 Å². The van der Waals surface area contributed by atoms with Gasteiger partial charge < -0.3 is 8.85 Å². The number of nitrogens with zero attached hydrogens (tertiary/aromatic N) is 2. The highest BCUT2D eigenvalue weighted by Gasteiger charge is 2.52. The summed E-state index contributed by atoms with van der Waals surface area (Å²) < 4.78 is 13.8. The van der Waals surface area contributed by atoms with Crippen molar-refractivity contribution in [2.45, 2.75) is 136 Å². The van der Waals surface area contributed by atoms with E-state index in [0.29, 0.717) is 22.2 Å². The highest BCUT2D eigenvalue weighted by Crippen LogP contribution is 2.41. The molecule has 49 heavy (non-hydrogen) atoms. The summed E-state index contributed by atoms with van der Waals surface area (Å²) in [5, 5.41) is 3.01. The molecule has 4 aromatic rings. The third kappa shape index (κ3) is 7.04. The van der Waals surface area contributed by atoms with Crippen molar-refractivity contribution in [3.8, 4) is 0 Å². The summed E-state index contributed by atoms with van der Waals surface area (Å²) >= 11 is 0. The quantitative estimate of drug-likeness (QED) is 0.124. The maximum absolute atomic E-state index is 6.90. The molecule has 0 saturated heterocycles. The van der Waals surface area contributed by atoms with Gasteiger partial charge in [-0.1, -0.05) is 116 Å². The van der Waals surface area contributed by atoms with Crippen LogP contribution in [0.2, 0.25) is 22.2 Å². The average Bonchev–Trinajstić information content (AvgIpc) is 3.68. The van der Waals surface area contributed by atoms with E-state index >= 15 is 0 Å². The lowest BCUT2D eigenvalue weighted by atomic mass is 10.0. The van der Waals surface area contributed by atoms with Crippen LogP contribution in [-0.4, -0.2) is 26.6 Å². The van der Waals surface area contributed by atoms with Gasteiger partial charge >= 0.3 is 0 Å². The molecule has 0 saturated carbocycles. The number of aromatic nitrogens is 2. The first-order chi connectivity index (χ1) is 23.6. The van der Waals surface area contributed by atoms with E-state index in [1.807, 2.05) is 0 Å². The van der Waals surface area contributed by atoms with Crippen molar-refractivity contribution in [1.82, 2.24) is 9.97 Å². The molecule has 2 aromatic carbocycles. The predicted octanol–water partition coefficient (Wildman–Crippen LogP) is 9.23. The van der Waals surface area contributed by atoms with Gasteiger partial charge in [-0.05, 0) is 112 Å². The number of benzene rings is 2. The zero-order valence-electron chi connectivity index (χ0n) is 31.3. The molecule has 4 nitrogen and oxygen atoms in total. The second-order valence-corrected chi connectivity index (χ2v) is 25.2. The minimum absolute atomic E-state index is 0.510. The van der Waals surface area contributed by atoms with Gasteiger partial charge in [0.1, 0.15) is 0 Å². The van der Waals surface area contributed by atoms with E-state index < -0.39 is 16.6 Å². The Hall–Kier alpha value is -2.91. The minimum atomic E-state index is -2.16. The van der Waals surface area contributed by atoms with Crippen molar-refractivity contribution in [1.29, 1.82) is 0 Å². The Morgan fingerprint density at radius 2 is 0.878 bits per heavy atom. The minimum Gasteiger partial charge on any atom is -0.408 e. The lowest BCUT2D eigenvalue weighted by Crippen LogP contribution is -2.54. The summed E-state index contributed by atoms with van der Waals surface area (Å²) in [6.07, 6.45) is 6.88. The molecular formula is C43H58N2O2Si2. The molecule has 0 fully saturated rings. The number of fused-ring (bicyclic) bond motifs is 2. The van der Waals surface area contributed by atoms with Gasteiger partial charge in [0.05, 0.1) is 13.2 Å². The third-order valence-corrected chi connectivity index (χ3v) is 22.3. The second kappa shape index (κ2) is 15.1. The van der Waals surface area contributed by atoms with Crippen molar-refractivity contribution >= 4 is 27.0 Å². The van der Waals surface area contributed by atoms with E-state index in [4.69, 9.17) is 18.8 Å². The highest BCUT2D eigenvalue weighted by molar-refractivity contribution is 6.90. The standard InChI is InChI=1S/C43H58N2O2Si2/c1-30(2)48(31(3)4)42-36(28-46-48)26-38(44-40(42)24-22-34-16-11-9-12-17-34)20-15-21-39-27-37-29-47-49(32(5)6,33(7)8)43(37)41(45-39)25-23-35-18-13-10-14-19-35/h9-14,16-19,26-27,30-33H,15,20-25,28-29H2,1-8H3. The topological polar surface area (TPSA) is 44.2 Å². The van der Waals surface area contributed by atoms with Crippen LogP contribution in [0.25, 0.3) is 0 Å². The van der Waals surface area contributed by atoms with Crippen molar-refractivity contribution in [3.05, 3.63) is 118 Å². The maximum Gasteiger partial charge on any atom is 0.231 e. The monoisotopic (exact) mass is 690 g/mol. The fourth-order valence-corrected chi connectivity index (χ4v) is 19.1. The van der Waals surface area contributed by atoms with Gasteiger partial charge in [-0.3, -0.25) is 9.97 Å². The summed E-state index contributed by atoms with van der Waals surface area (Å²) in [4.78, 5) is 10.9. The van der Waals surface area contributed by atoms with E-state index in [-0.39, 0.29) is 0 Å². The molecule has 2 aromatic heterocycles. The Balaban J connectivity index is 1.27. The van der Waals surface area contributed by atoms with Crippen LogP contribution in [-0.2, 0) is 60.6 Å².